The number of benzene rings is 1. The van der Waals surface area contributed by atoms with Crippen LogP contribution in [0.2, 0.25) is 0 Å². The molecule has 0 aliphatic rings. The third kappa shape index (κ3) is 2.86. The number of carbonyl (C=O) groups excluding carboxylic acids is 1. The molecule has 1 aromatic carbocycles. The van der Waals surface area contributed by atoms with E-state index in [1.165, 1.54) is 18.4 Å². The maximum absolute atomic E-state index is 11.4. The molecule has 108 valence electrons. The molecule has 0 bridgehead atoms. The van der Waals surface area contributed by atoms with Crippen LogP contribution < -0.4 is 11.1 Å². The number of nitrogens with one attached hydrogen (secondary N) is 2. The van der Waals surface area contributed by atoms with Gasteiger partial charge >= 0.3 is 5.76 Å². The Morgan fingerprint density at radius 2 is 2.38 bits per heavy atom. The van der Waals surface area contributed by atoms with Gasteiger partial charge < -0.3 is 9.15 Å². The summed E-state index contributed by atoms with van der Waals surface area (Å²) in [6, 6.07) is 5.27. The molecule has 0 aliphatic heterocycles. The van der Waals surface area contributed by atoms with Crippen LogP contribution in [0.1, 0.15) is 0 Å². The van der Waals surface area contributed by atoms with E-state index >= 15 is 0 Å². The lowest BCUT2D eigenvalue weighted by molar-refractivity contribution is -0.119. The van der Waals surface area contributed by atoms with Crippen molar-refractivity contribution in [1.29, 1.82) is 0 Å². The van der Waals surface area contributed by atoms with Gasteiger partial charge in [0.2, 0.25) is 0 Å². The number of thiazole rings is 1. The van der Waals surface area contributed by atoms with Crippen molar-refractivity contribution in [2.75, 3.05) is 19.0 Å². The zero-order valence-electron chi connectivity index (χ0n) is 11.0. The number of H-pyrrole nitrogens is 1. The quantitative estimate of drug-likeness (QED) is 0.766. The molecule has 0 spiro atoms. The van der Waals surface area contributed by atoms with Crippen LogP contribution in [0.5, 0.6) is 0 Å². The van der Waals surface area contributed by atoms with Gasteiger partial charge in [0.05, 0.1) is 11.2 Å². The highest BCUT2D eigenvalue weighted by Gasteiger charge is 2.09. The zero-order chi connectivity index (χ0) is 14.8. The van der Waals surface area contributed by atoms with Crippen molar-refractivity contribution in [2.24, 2.45) is 0 Å². The molecule has 1 amide bonds. The number of oxazole rings is 1. The highest BCUT2D eigenvalue weighted by molar-refractivity contribution is 7.14. The molecule has 21 heavy (non-hydrogen) atoms. The Morgan fingerprint density at radius 1 is 1.52 bits per heavy atom. The molecule has 7 nitrogen and oxygen atoms in total. The molecule has 2 heterocycles. The van der Waals surface area contributed by atoms with Gasteiger partial charge in [-0.25, -0.2) is 9.78 Å². The van der Waals surface area contributed by atoms with Crippen LogP contribution in [-0.4, -0.2) is 29.6 Å². The minimum absolute atomic E-state index is 0.0167. The number of rotatable bonds is 4. The number of carbonyl (C=O) groups is 1. The average molecular weight is 305 g/mol. The van der Waals surface area contributed by atoms with E-state index in [-0.39, 0.29) is 12.5 Å². The molecule has 0 aliphatic carbocycles. The number of aromatic amines is 1. The van der Waals surface area contributed by atoms with E-state index in [4.69, 9.17) is 9.15 Å². The predicted octanol–water partition coefficient (Wildman–Crippen LogP) is 1.83. The number of hydrogen-bond donors (Lipinski definition) is 2. The van der Waals surface area contributed by atoms with Crippen molar-refractivity contribution in [3.8, 4) is 11.3 Å². The van der Waals surface area contributed by atoms with Gasteiger partial charge in [-0.05, 0) is 18.2 Å². The Labute approximate surface area is 122 Å². The van der Waals surface area contributed by atoms with Gasteiger partial charge in [-0.2, -0.15) is 0 Å². The first kappa shape index (κ1) is 13.5. The smallest absolute Gasteiger partial charge is 0.408 e. The molecule has 0 fully saturated rings. The molecule has 3 rings (SSSR count). The molecule has 2 aromatic heterocycles. The normalized spacial score (nSPS) is 10.9. The molecule has 0 atom stereocenters. The summed E-state index contributed by atoms with van der Waals surface area (Å²) >= 11 is 1.32. The Morgan fingerprint density at radius 3 is 3.19 bits per heavy atom. The summed E-state index contributed by atoms with van der Waals surface area (Å²) in [6.07, 6.45) is 0. The molecule has 0 unspecified atom stereocenters. The minimum atomic E-state index is -0.493. The number of nitrogens with zero attached hydrogens (tertiary/aromatic N) is 1. The van der Waals surface area contributed by atoms with Crippen LogP contribution in [0.25, 0.3) is 22.4 Å². The third-order valence-electron chi connectivity index (χ3n) is 2.74. The van der Waals surface area contributed by atoms with E-state index in [0.29, 0.717) is 21.9 Å². The Kier molecular flexibility index (Phi) is 3.55. The minimum Gasteiger partial charge on any atom is -0.408 e. The van der Waals surface area contributed by atoms with Crippen LogP contribution in [-0.2, 0) is 9.53 Å². The zero-order valence-corrected chi connectivity index (χ0v) is 11.8. The van der Waals surface area contributed by atoms with Gasteiger partial charge in [-0.15, -0.1) is 11.3 Å². The topological polar surface area (TPSA) is 97.2 Å². The van der Waals surface area contributed by atoms with E-state index in [9.17, 15) is 9.59 Å². The third-order valence-corrected chi connectivity index (χ3v) is 3.50. The van der Waals surface area contributed by atoms with Gasteiger partial charge in [0, 0.05) is 18.1 Å². The first-order valence-electron chi connectivity index (χ1n) is 6.03. The summed E-state index contributed by atoms with van der Waals surface area (Å²) in [5, 5.41) is 4.96. The van der Waals surface area contributed by atoms with E-state index in [0.717, 1.165) is 5.56 Å². The fourth-order valence-electron chi connectivity index (χ4n) is 1.86. The van der Waals surface area contributed by atoms with E-state index in [1.807, 2.05) is 5.38 Å². The largest absolute Gasteiger partial charge is 0.417 e. The van der Waals surface area contributed by atoms with Crippen molar-refractivity contribution in [1.82, 2.24) is 9.97 Å². The second kappa shape index (κ2) is 5.51. The Bertz CT molecular complexity index is 848. The van der Waals surface area contributed by atoms with Crippen molar-refractivity contribution in [3.63, 3.8) is 0 Å². The molecular weight excluding hydrogens is 294 g/mol. The van der Waals surface area contributed by atoms with Gasteiger partial charge in [0.25, 0.3) is 5.91 Å². The highest BCUT2D eigenvalue weighted by atomic mass is 32.1. The maximum Gasteiger partial charge on any atom is 0.417 e. The highest BCUT2D eigenvalue weighted by Crippen LogP contribution is 2.26. The van der Waals surface area contributed by atoms with Crippen molar-refractivity contribution >= 4 is 33.5 Å². The lowest BCUT2D eigenvalue weighted by Gasteiger charge is -1.99. The first-order chi connectivity index (χ1) is 10.2. The van der Waals surface area contributed by atoms with Crippen molar-refractivity contribution in [3.05, 3.63) is 34.1 Å². The Hall–Kier alpha value is -2.45. The van der Waals surface area contributed by atoms with Gasteiger partial charge in [0.1, 0.15) is 6.61 Å². The van der Waals surface area contributed by atoms with E-state index in [2.05, 4.69) is 15.3 Å². The molecule has 0 saturated carbocycles. The maximum atomic E-state index is 11.4. The molecule has 0 radical (unpaired) electrons. The number of anilines is 1. The number of fused-ring (bicyclic) bond motifs is 1. The fourth-order valence-corrected chi connectivity index (χ4v) is 2.60. The van der Waals surface area contributed by atoms with Gasteiger partial charge in [-0.1, -0.05) is 0 Å². The molecular formula is C13H11N3O4S. The summed E-state index contributed by atoms with van der Waals surface area (Å²) in [7, 11) is 1.45. The molecule has 0 saturated heterocycles. The second-order valence-electron chi connectivity index (χ2n) is 4.24. The summed E-state index contributed by atoms with van der Waals surface area (Å²) in [6.45, 7) is -0.0167. The van der Waals surface area contributed by atoms with E-state index < -0.39 is 5.76 Å². The second-order valence-corrected chi connectivity index (χ2v) is 5.10. The van der Waals surface area contributed by atoms with Gasteiger partial charge in [0.15, 0.2) is 10.7 Å². The van der Waals surface area contributed by atoms with E-state index in [1.54, 1.807) is 18.2 Å². The fraction of sp³-hybridized carbons (Fsp3) is 0.154. The number of methoxy groups -OCH3 is 1. The van der Waals surface area contributed by atoms with Crippen molar-refractivity contribution in [2.45, 2.75) is 0 Å². The number of hydrogen-bond acceptors (Lipinski definition) is 6. The van der Waals surface area contributed by atoms with Crippen LogP contribution in [0, 0.1) is 0 Å². The summed E-state index contributed by atoms with van der Waals surface area (Å²) in [5.41, 5.74) is 2.63. The standard InChI is InChI=1S/C13H11N3O4S/c1-19-5-11(17)16-12-14-9(6-21-12)7-2-3-10-8(4-7)15-13(18)20-10/h2-4,6H,5H2,1H3,(H,15,18)(H,14,16,17). The van der Waals surface area contributed by atoms with Crippen LogP contribution >= 0.6 is 11.3 Å². The van der Waals surface area contributed by atoms with Crippen LogP contribution in [0.4, 0.5) is 5.13 Å². The first-order valence-corrected chi connectivity index (χ1v) is 6.91. The van der Waals surface area contributed by atoms with Crippen molar-refractivity contribution < 1.29 is 13.9 Å². The SMILES string of the molecule is COCC(=O)Nc1nc(-c2ccc3oc(=O)[nH]c3c2)cs1. The Balaban J connectivity index is 1.87. The monoisotopic (exact) mass is 305 g/mol. The summed E-state index contributed by atoms with van der Waals surface area (Å²) in [5.74, 6) is -0.749. The van der Waals surface area contributed by atoms with Gasteiger partial charge in [-0.3, -0.25) is 15.1 Å². The average Bonchev–Trinajstić information content (AvgIpc) is 3.03. The number of aromatic nitrogens is 2. The lowest BCUT2D eigenvalue weighted by Crippen LogP contribution is -2.16. The number of ether oxygens (including phenoxy) is 1. The van der Waals surface area contributed by atoms with Crippen LogP contribution in [0.3, 0.4) is 0 Å². The number of amides is 1. The molecule has 8 heteroatoms. The summed E-state index contributed by atoms with van der Waals surface area (Å²) < 4.78 is 9.68. The van der Waals surface area contributed by atoms with Crippen LogP contribution in [0.15, 0.2) is 32.8 Å². The predicted molar refractivity (Wildman–Crippen MR) is 78.4 cm³/mol. The molecule has 2 N–H and O–H groups in total. The lowest BCUT2D eigenvalue weighted by atomic mass is 10.1. The summed E-state index contributed by atoms with van der Waals surface area (Å²) in [4.78, 5) is 29.5. The molecule has 3 aromatic rings.